The van der Waals surface area contributed by atoms with Crippen molar-refractivity contribution in [3.63, 3.8) is 0 Å². The third-order valence-electron chi connectivity index (χ3n) is 17.0. The van der Waals surface area contributed by atoms with Gasteiger partial charge in [-0.05, 0) is 56.6 Å². The monoisotopic (exact) mass is 1320 g/mol. The second-order valence-corrected chi connectivity index (χ2v) is 25.2. The molecule has 0 saturated carbocycles. The molecule has 6 unspecified atom stereocenters. The first-order valence-electron chi connectivity index (χ1n) is 32.9. The van der Waals surface area contributed by atoms with Crippen LogP contribution in [0.15, 0.2) is 278 Å². The van der Waals surface area contributed by atoms with Crippen LogP contribution in [0.3, 0.4) is 0 Å². The summed E-state index contributed by atoms with van der Waals surface area (Å²) in [7, 11) is 0. The number of ether oxygens (including phenoxy) is 13. The van der Waals surface area contributed by atoms with Crippen LogP contribution < -0.4 is 0 Å². The summed E-state index contributed by atoms with van der Waals surface area (Å²) in [5.74, 6) is 0. The smallest absolute Gasteiger partial charge is 0.187 e. The van der Waals surface area contributed by atoms with Crippen molar-refractivity contribution >= 4 is 11.8 Å². The Morgan fingerprint density at radius 3 is 0.885 bits per heavy atom. The molecule has 16 heteroatoms. The van der Waals surface area contributed by atoms with Gasteiger partial charge in [-0.2, -0.15) is 0 Å². The lowest BCUT2D eigenvalue weighted by atomic mass is 9.96. The average molecular weight is 1320 g/mol. The van der Waals surface area contributed by atoms with E-state index in [4.69, 9.17) is 61.6 Å². The molecule has 3 aliphatic rings. The van der Waals surface area contributed by atoms with Gasteiger partial charge in [0.2, 0.25) is 0 Å². The van der Waals surface area contributed by atoms with Gasteiger partial charge in [0, 0.05) is 4.90 Å². The highest BCUT2D eigenvalue weighted by Gasteiger charge is 2.55. The van der Waals surface area contributed by atoms with E-state index in [1.807, 2.05) is 273 Å². The maximum atomic E-state index is 13.2. The Kier molecular flexibility index (Phi) is 26.0. The quantitative estimate of drug-likeness (QED) is 0.0399. The summed E-state index contributed by atoms with van der Waals surface area (Å²) in [6, 6.07) is 88.8. The fraction of sp³-hybridized carbons (Fsp3) is 0.325. The van der Waals surface area contributed by atoms with Crippen LogP contribution in [0, 0.1) is 0 Å². The Morgan fingerprint density at radius 1 is 0.260 bits per heavy atom. The molecule has 3 fully saturated rings. The Bertz CT molecular complexity index is 3580. The lowest BCUT2D eigenvalue weighted by Gasteiger charge is -2.50. The second-order valence-electron chi connectivity index (χ2n) is 24.0. The van der Waals surface area contributed by atoms with Crippen LogP contribution in [-0.2, 0) is 114 Å². The van der Waals surface area contributed by atoms with Gasteiger partial charge in [0.15, 0.2) is 12.6 Å². The molecule has 2 N–H and O–H groups in total. The van der Waals surface area contributed by atoms with E-state index in [0.29, 0.717) is 6.61 Å². The summed E-state index contributed by atoms with van der Waals surface area (Å²) in [5, 5.41) is 26.0. The van der Waals surface area contributed by atoms with Crippen molar-refractivity contribution in [2.75, 3.05) is 19.8 Å². The van der Waals surface area contributed by atoms with E-state index in [0.717, 1.165) is 49.4 Å². The van der Waals surface area contributed by atoms with Crippen LogP contribution in [-0.4, -0.2) is 121 Å². The number of thioether (sulfide) groups is 1. The summed E-state index contributed by atoms with van der Waals surface area (Å²) in [4.78, 5) is 0.888. The van der Waals surface area contributed by atoms with Crippen molar-refractivity contribution in [2.24, 2.45) is 0 Å². The average Bonchev–Trinajstić information content (AvgIpc) is 0.780. The molecule has 0 bridgehead atoms. The van der Waals surface area contributed by atoms with Crippen LogP contribution in [0.1, 0.15) is 44.5 Å². The minimum Gasteiger partial charge on any atom is -0.385 e. The third-order valence-corrected chi connectivity index (χ3v) is 18.2. The van der Waals surface area contributed by atoms with Crippen molar-refractivity contribution in [3.05, 3.63) is 317 Å². The summed E-state index contributed by atoms with van der Waals surface area (Å²) in [6.07, 6.45) is -14.9. The Labute approximate surface area is 567 Å². The third kappa shape index (κ3) is 19.7. The van der Waals surface area contributed by atoms with E-state index in [9.17, 15) is 10.2 Å². The van der Waals surface area contributed by atoms with Crippen LogP contribution in [0.4, 0.5) is 0 Å². The van der Waals surface area contributed by atoms with E-state index in [-0.39, 0.29) is 66.1 Å². The van der Waals surface area contributed by atoms with Crippen molar-refractivity contribution in [1.82, 2.24) is 0 Å². The molecule has 9 aromatic carbocycles. The Hall–Kier alpha value is -7.27. The van der Waals surface area contributed by atoms with E-state index < -0.39 is 91.3 Å². The Morgan fingerprint density at radius 2 is 0.531 bits per heavy atom. The van der Waals surface area contributed by atoms with Crippen molar-refractivity contribution < 1.29 is 71.8 Å². The highest BCUT2D eigenvalue weighted by molar-refractivity contribution is 7.99. The SMILES string of the molecule is OC1[C@H](OCC2O[C@@H](Sc3ccccc3)C(OCc3ccccc3)[C@@H](O[C@H]3OC(COCc4ccccc4)[C@@H](OCc4ccccc4)C(OCc4ccccc4)[C@@H]3O)[C@H]2OCc2ccccc2)OC(COCc2ccccc2)[C@H](OCc2ccccc2)[C@@H]1OCc1ccccc1. The second kappa shape index (κ2) is 36.4. The molecular formula is C80H84O15S. The lowest BCUT2D eigenvalue weighted by Crippen LogP contribution is -2.66. The van der Waals surface area contributed by atoms with Gasteiger partial charge in [0.05, 0.1) is 72.7 Å². The van der Waals surface area contributed by atoms with Crippen LogP contribution in [0.5, 0.6) is 0 Å². The van der Waals surface area contributed by atoms with Crippen LogP contribution in [0.25, 0.3) is 0 Å². The molecule has 12 rings (SSSR count). The van der Waals surface area contributed by atoms with Gasteiger partial charge in [-0.1, -0.05) is 273 Å². The maximum Gasteiger partial charge on any atom is 0.187 e. The molecule has 9 aromatic rings. The highest BCUT2D eigenvalue weighted by Crippen LogP contribution is 2.41. The van der Waals surface area contributed by atoms with Crippen molar-refractivity contribution in [2.45, 2.75) is 149 Å². The molecule has 0 spiro atoms. The van der Waals surface area contributed by atoms with Gasteiger partial charge in [-0.15, -0.1) is 0 Å². The van der Waals surface area contributed by atoms with Crippen molar-refractivity contribution in [1.29, 1.82) is 0 Å². The number of aliphatic hydroxyl groups is 2. The van der Waals surface area contributed by atoms with E-state index >= 15 is 0 Å². The molecule has 500 valence electrons. The van der Waals surface area contributed by atoms with Gasteiger partial charge >= 0.3 is 0 Å². The Balaban J connectivity index is 0.907. The molecule has 96 heavy (non-hydrogen) atoms. The highest BCUT2D eigenvalue weighted by atomic mass is 32.2. The van der Waals surface area contributed by atoms with Crippen LogP contribution in [0.2, 0.25) is 0 Å². The zero-order valence-electron chi connectivity index (χ0n) is 53.5. The van der Waals surface area contributed by atoms with Gasteiger partial charge in [-0.3, -0.25) is 0 Å². The summed E-state index contributed by atoms with van der Waals surface area (Å²) < 4.78 is 90.6. The first-order chi connectivity index (χ1) is 47.4. The molecule has 15 nitrogen and oxygen atoms in total. The van der Waals surface area contributed by atoms with E-state index in [2.05, 4.69) is 0 Å². The topological polar surface area (TPSA) is 160 Å². The van der Waals surface area contributed by atoms with Gasteiger partial charge < -0.3 is 71.8 Å². The zero-order chi connectivity index (χ0) is 65.4. The summed E-state index contributed by atoms with van der Waals surface area (Å²) >= 11 is 1.45. The summed E-state index contributed by atoms with van der Waals surface area (Å²) in [5.41, 5.74) is 6.57. The molecule has 0 aromatic heterocycles. The lowest BCUT2D eigenvalue weighted by molar-refractivity contribution is -0.358. The number of hydrogen-bond donors (Lipinski definition) is 2. The zero-order valence-corrected chi connectivity index (χ0v) is 54.3. The van der Waals surface area contributed by atoms with Gasteiger partial charge in [-0.25, -0.2) is 0 Å². The molecule has 15 atom stereocenters. The minimum absolute atomic E-state index is 0.0426. The molecule has 0 aliphatic carbocycles. The number of aliphatic hydroxyl groups excluding tert-OH is 2. The van der Waals surface area contributed by atoms with Crippen LogP contribution >= 0.6 is 11.8 Å². The maximum absolute atomic E-state index is 13.2. The molecule has 0 radical (unpaired) electrons. The molecule has 3 saturated heterocycles. The van der Waals surface area contributed by atoms with E-state index in [1.54, 1.807) is 0 Å². The standard InChI is InChI=1S/C80H84O15S/c81-69-74(88-51-62-38-20-6-21-39-62)71(85-48-59-32-14-3-15-33-59)66(54-83-46-57-28-10-1-11-29-57)92-78(69)91-56-68-73(87-50-61-36-18-5-19-37-61)76(77(90-53-64-42-24-8-25-43-64)80(94-68)96-65-44-26-9-27-45-65)95-79-70(82)75(89-52-63-40-22-7-23-41-63)72(86-49-60-34-16-4-17-35-60)67(93-79)55-84-47-58-30-12-2-13-31-58/h1-45,66-82H,46-56H2/t66?,67?,68?,69?,70-,71-,72+,73-,74+,75?,76-,77?,78+,79+,80-/m0/s1. The fourth-order valence-electron chi connectivity index (χ4n) is 12.0. The summed E-state index contributed by atoms with van der Waals surface area (Å²) in [6.45, 7) is 1.44. The van der Waals surface area contributed by atoms with Crippen molar-refractivity contribution in [3.8, 4) is 0 Å². The van der Waals surface area contributed by atoms with E-state index in [1.165, 1.54) is 11.8 Å². The van der Waals surface area contributed by atoms with Gasteiger partial charge in [0.25, 0.3) is 0 Å². The molecular weight excluding hydrogens is 1230 g/mol. The molecule has 3 heterocycles. The molecule has 0 amide bonds. The minimum atomic E-state index is -1.46. The molecule has 3 aliphatic heterocycles. The van der Waals surface area contributed by atoms with Gasteiger partial charge in [0.1, 0.15) is 78.7 Å². The first-order valence-corrected chi connectivity index (χ1v) is 33.8. The predicted octanol–water partition coefficient (Wildman–Crippen LogP) is 13.0. The normalized spacial score (nSPS) is 25.9. The first kappa shape index (κ1) is 68.7. The predicted molar refractivity (Wildman–Crippen MR) is 363 cm³/mol. The number of hydrogen-bond acceptors (Lipinski definition) is 16. The fourth-order valence-corrected chi connectivity index (χ4v) is 13.2. The largest absolute Gasteiger partial charge is 0.385 e. The number of benzene rings is 9. The number of rotatable bonds is 33.